The summed E-state index contributed by atoms with van der Waals surface area (Å²) in [6.07, 6.45) is 1.87. The Morgan fingerprint density at radius 1 is 1.25 bits per heavy atom. The number of furan rings is 1. The Morgan fingerprint density at radius 3 is 2.93 bits per heavy atom. The van der Waals surface area contributed by atoms with Crippen molar-refractivity contribution in [1.29, 1.82) is 0 Å². The van der Waals surface area contributed by atoms with Crippen molar-refractivity contribution >= 4 is 17.4 Å². The van der Waals surface area contributed by atoms with Crippen molar-refractivity contribution in [3.8, 4) is 11.6 Å². The van der Waals surface area contributed by atoms with Crippen LogP contribution in [0.3, 0.4) is 0 Å². The summed E-state index contributed by atoms with van der Waals surface area (Å²) in [5.41, 5.74) is 9.56. The Morgan fingerprint density at radius 2 is 2.11 bits per heavy atom. The first kappa shape index (κ1) is 16.6. The van der Waals surface area contributed by atoms with E-state index in [-0.39, 0.29) is 11.9 Å². The van der Waals surface area contributed by atoms with Crippen LogP contribution in [0.2, 0.25) is 0 Å². The third kappa shape index (κ3) is 2.72. The van der Waals surface area contributed by atoms with Crippen molar-refractivity contribution in [2.45, 2.75) is 25.8 Å². The fourth-order valence-electron chi connectivity index (χ4n) is 3.75. The third-order valence-corrected chi connectivity index (χ3v) is 5.13. The van der Waals surface area contributed by atoms with E-state index >= 15 is 0 Å². The summed E-state index contributed by atoms with van der Waals surface area (Å²) in [6.45, 7) is 1.86. The molecule has 1 unspecified atom stereocenters. The number of rotatable bonds is 3. The van der Waals surface area contributed by atoms with Gasteiger partial charge in [0.25, 0.3) is 5.91 Å². The second-order valence-electron chi connectivity index (χ2n) is 7.05. The molecule has 0 saturated heterocycles. The lowest BCUT2D eigenvalue weighted by atomic mass is 10.1. The first-order valence-electron chi connectivity index (χ1n) is 9.20. The monoisotopic (exact) mass is 373 g/mol. The van der Waals surface area contributed by atoms with Crippen LogP contribution in [-0.4, -0.2) is 20.5 Å². The van der Waals surface area contributed by atoms with Crippen LogP contribution in [0.25, 0.3) is 17.2 Å². The molecule has 0 saturated carbocycles. The van der Waals surface area contributed by atoms with E-state index in [1.165, 1.54) is 15.6 Å². The number of carbonyl (C=O) groups is 1. The zero-order valence-electron chi connectivity index (χ0n) is 15.3. The number of amides is 1. The normalized spacial score (nSPS) is 15.7. The van der Waals surface area contributed by atoms with Crippen molar-refractivity contribution < 1.29 is 9.21 Å². The molecule has 3 N–H and O–H groups in total. The summed E-state index contributed by atoms with van der Waals surface area (Å²) >= 11 is 0. The van der Waals surface area contributed by atoms with Gasteiger partial charge in [0.2, 0.25) is 5.82 Å². The Kier molecular flexibility index (Phi) is 3.68. The minimum absolute atomic E-state index is 0.0145. The molecule has 5 rings (SSSR count). The average Bonchev–Trinajstić information content (AvgIpc) is 3.40. The van der Waals surface area contributed by atoms with E-state index in [2.05, 4.69) is 27.5 Å². The fraction of sp³-hybridized carbons (Fsp3) is 0.190. The fourth-order valence-corrected chi connectivity index (χ4v) is 3.75. The summed E-state index contributed by atoms with van der Waals surface area (Å²) in [7, 11) is 0. The Labute approximate surface area is 161 Å². The van der Waals surface area contributed by atoms with Gasteiger partial charge < -0.3 is 15.5 Å². The molecule has 1 atom stereocenters. The molecule has 1 aliphatic rings. The number of nitrogens with one attached hydrogen (secondary N) is 1. The average molecular weight is 373 g/mol. The van der Waals surface area contributed by atoms with Crippen LogP contribution in [0.4, 0.5) is 5.82 Å². The number of anilines is 1. The van der Waals surface area contributed by atoms with E-state index in [1.54, 1.807) is 12.1 Å². The number of nitrogen functional groups attached to an aromatic ring is 1. The molecule has 0 bridgehead atoms. The van der Waals surface area contributed by atoms with Gasteiger partial charge in [-0.15, -0.1) is 5.10 Å². The van der Waals surface area contributed by atoms with E-state index < -0.39 is 0 Å². The van der Waals surface area contributed by atoms with Gasteiger partial charge in [0.15, 0.2) is 11.4 Å². The molecular weight excluding hydrogens is 354 g/mol. The topological polar surface area (TPSA) is 98.5 Å². The highest BCUT2D eigenvalue weighted by Crippen LogP contribution is 2.31. The van der Waals surface area contributed by atoms with Crippen LogP contribution in [0.1, 0.15) is 39.7 Å². The summed E-state index contributed by atoms with van der Waals surface area (Å²) in [4.78, 5) is 17.3. The number of aryl methyl sites for hydroxylation is 2. The van der Waals surface area contributed by atoms with E-state index in [1.807, 2.05) is 31.2 Å². The van der Waals surface area contributed by atoms with Crippen LogP contribution in [0, 0.1) is 6.92 Å². The number of pyridine rings is 1. The zero-order valence-corrected chi connectivity index (χ0v) is 15.3. The van der Waals surface area contributed by atoms with E-state index in [0.29, 0.717) is 28.6 Å². The second kappa shape index (κ2) is 6.23. The number of hydrogen-bond donors (Lipinski definition) is 2. The molecule has 7 heteroatoms. The molecule has 7 nitrogen and oxygen atoms in total. The molecule has 3 aromatic heterocycles. The highest BCUT2D eigenvalue weighted by atomic mass is 16.3. The first-order chi connectivity index (χ1) is 13.6. The summed E-state index contributed by atoms with van der Waals surface area (Å²) in [6, 6.07) is 15.2. The molecule has 0 radical (unpaired) electrons. The van der Waals surface area contributed by atoms with Crippen LogP contribution >= 0.6 is 0 Å². The number of nitrogens with zero attached hydrogens (tertiary/aromatic N) is 3. The van der Waals surface area contributed by atoms with Crippen LogP contribution < -0.4 is 11.1 Å². The third-order valence-electron chi connectivity index (χ3n) is 5.13. The maximum absolute atomic E-state index is 12.8. The molecular formula is C21H19N5O2. The van der Waals surface area contributed by atoms with Crippen LogP contribution in [0.15, 0.2) is 52.9 Å². The molecule has 0 fully saturated rings. The maximum Gasteiger partial charge on any atom is 0.252 e. The molecule has 140 valence electrons. The van der Waals surface area contributed by atoms with Gasteiger partial charge in [0, 0.05) is 5.56 Å². The van der Waals surface area contributed by atoms with E-state index in [9.17, 15) is 4.79 Å². The molecule has 0 aliphatic heterocycles. The Balaban J connectivity index is 1.45. The van der Waals surface area contributed by atoms with Crippen LogP contribution in [0.5, 0.6) is 0 Å². The van der Waals surface area contributed by atoms with Crippen molar-refractivity contribution in [3.63, 3.8) is 0 Å². The molecule has 1 amide bonds. The molecule has 1 aliphatic carbocycles. The van der Waals surface area contributed by atoms with E-state index in [4.69, 9.17) is 10.2 Å². The van der Waals surface area contributed by atoms with Crippen molar-refractivity contribution in [2.75, 3.05) is 5.73 Å². The van der Waals surface area contributed by atoms with Gasteiger partial charge in [-0.3, -0.25) is 4.79 Å². The second-order valence-corrected chi connectivity index (χ2v) is 7.05. The van der Waals surface area contributed by atoms with Gasteiger partial charge >= 0.3 is 0 Å². The van der Waals surface area contributed by atoms with Crippen LogP contribution in [-0.2, 0) is 6.42 Å². The van der Waals surface area contributed by atoms with Gasteiger partial charge in [0.05, 0.1) is 6.04 Å². The standard InChI is InChI=1S/C21H19N5O2/c1-12-6-9-17(28-12)20-24-19-11-14(10-18(22)26(19)25-20)21(27)23-16-8-7-13-4-2-3-5-15(13)16/h2-6,9-11,16H,7-8,22H2,1H3,(H,23,27). The van der Waals surface area contributed by atoms with Gasteiger partial charge in [-0.05, 0) is 55.2 Å². The van der Waals surface area contributed by atoms with E-state index in [0.717, 1.165) is 18.6 Å². The largest absolute Gasteiger partial charge is 0.458 e. The number of hydrogen-bond acceptors (Lipinski definition) is 5. The van der Waals surface area contributed by atoms with Gasteiger partial charge in [-0.25, -0.2) is 4.98 Å². The van der Waals surface area contributed by atoms with Gasteiger partial charge in [-0.2, -0.15) is 4.52 Å². The number of benzene rings is 1. The van der Waals surface area contributed by atoms with Gasteiger partial charge in [0.1, 0.15) is 11.6 Å². The summed E-state index contributed by atoms with van der Waals surface area (Å²) in [5, 5.41) is 7.50. The minimum atomic E-state index is -0.172. The maximum atomic E-state index is 12.8. The smallest absolute Gasteiger partial charge is 0.252 e. The predicted octanol–water partition coefficient (Wildman–Crippen LogP) is 3.30. The molecule has 3 heterocycles. The number of nitrogens with two attached hydrogens (primary N) is 1. The quantitative estimate of drug-likeness (QED) is 0.574. The predicted molar refractivity (Wildman–Crippen MR) is 105 cm³/mol. The summed E-state index contributed by atoms with van der Waals surface area (Å²) < 4.78 is 7.09. The van der Waals surface area contributed by atoms with Crippen molar-refractivity contribution in [3.05, 3.63) is 71.0 Å². The summed E-state index contributed by atoms with van der Waals surface area (Å²) in [5.74, 6) is 1.95. The minimum Gasteiger partial charge on any atom is -0.458 e. The molecule has 4 aromatic rings. The molecule has 0 spiro atoms. The highest BCUT2D eigenvalue weighted by Gasteiger charge is 2.24. The number of fused-ring (bicyclic) bond motifs is 2. The van der Waals surface area contributed by atoms with Gasteiger partial charge in [-0.1, -0.05) is 24.3 Å². The number of carbonyl (C=O) groups excluding carboxylic acids is 1. The van der Waals surface area contributed by atoms with Crippen molar-refractivity contribution in [2.24, 2.45) is 0 Å². The SMILES string of the molecule is Cc1ccc(-c2nc3cc(C(=O)NC4CCc5ccccc54)cc(N)n3n2)o1. The first-order valence-corrected chi connectivity index (χ1v) is 9.20. The Hall–Kier alpha value is -3.61. The molecule has 1 aromatic carbocycles. The lowest BCUT2D eigenvalue weighted by molar-refractivity contribution is 0.0936. The molecule has 28 heavy (non-hydrogen) atoms. The Bertz CT molecular complexity index is 1210. The highest BCUT2D eigenvalue weighted by molar-refractivity contribution is 5.96. The lowest BCUT2D eigenvalue weighted by Gasteiger charge is -2.14. The van der Waals surface area contributed by atoms with Crippen molar-refractivity contribution in [1.82, 2.24) is 19.9 Å². The lowest BCUT2D eigenvalue weighted by Crippen LogP contribution is -2.27. The number of aromatic nitrogens is 3. The zero-order chi connectivity index (χ0) is 19.3.